The Bertz CT molecular complexity index is 6260. The second-order valence-electron chi connectivity index (χ2n) is 28.4. The number of aryl methyl sites for hydroxylation is 11. The van der Waals surface area contributed by atoms with Crippen molar-refractivity contribution in [2.24, 2.45) is 35.2 Å². The Balaban J connectivity index is 0.000000112. The Morgan fingerprint density at radius 1 is 0.243 bits per heavy atom. The summed E-state index contributed by atoms with van der Waals surface area (Å²) in [7, 11) is 10.4. The lowest BCUT2D eigenvalue weighted by molar-refractivity contribution is -0.660. The summed E-state index contributed by atoms with van der Waals surface area (Å²) in [5.41, 5.74) is 31.8. The summed E-state index contributed by atoms with van der Waals surface area (Å²) >= 11 is 0. The topological polar surface area (TPSA) is 58.8 Å². The second-order valence-corrected chi connectivity index (χ2v) is 28.4. The molecule has 0 spiro atoms. The van der Waals surface area contributed by atoms with Crippen molar-refractivity contribution in [3.05, 3.63) is 355 Å². The Hall–Kier alpha value is -12.7. The third-order valence-corrected chi connectivity index (χ3v) is 20.6. The molecule has 8 heterocycles. The van der Waals surface area contributed by atoms with Gasteiger partial charge in [-0.1, -0.05) is 190 Å². The molecule has 0 amide bonds. The van der Waals surface area contributed by atoms with Crippen LogP contribution in [-0.2, 0) is 35.2 Å². The molecular weight excluding hydrogens is 1310 g/mol. The molecule has 18 aromatic rings. The van der Waals surface area contributed by atoms with Crippen LogP contribution in [0.2, 0.25) is 0 Å². The number of aromatic nitrogens is 5. The molecule has 8 aromatic heterocycles. The van der Waals surface area contributed by atoms with Crippen LogP contribution < -0.4 is 22.8 Å². The van der Waals surface area contributed by atoms with Crippen molar-refractivity contribution in [3.8, 4) is 78.5 Å². The highest BCUT2D eigenvalue weighted by molar-refractivity contribution is 6.12. The lowest BCUT2D eigenvalue weighted by atomic mass is 9.97. The molecule has 107 heavy (non-hydrogen) atoms. The van der Waals surface area contributed by atoms with Gasteiger partial charge in [0.25, 0.3) is 0 Å². The van der Waals surface area contributed by atoms with Crippen LogP contribution in [0.15, 0.2) is 329 Å². The smallest absolute Gasteiger partial charge is 0.216 e. The number of fused-ring (bicyclic) bond motifs is 9. The number of hydrogen-bond donors (Lipinski definition) is 0. The Morgan fingerprint density at radius 2 is 0.607 bits per heavy atom. The van der Waals surface area contributed by atoms with Crippen molar-refractivity contribution >= 4 is 65.8 Å². The molecule has 0 bridgehead atoms. The SMILES string of the molecule is Cc1cc(-c2ccccc2)ccc1-c1cccc[n+]1C.Cc1cc[n+](C)c(-c2c(C)ccc3c2oc2ccccc23)c1.Cc1ccc(-c2ccccc2)cc1-c1cccc[n+]1C.Cc1ccc2c(oc3ccccc32)c1-c1cc(C(C)C)cc[n+]1C.Cc1ccc2c(oc3ccccc32)c1-c1cccc[n+]1C. The van der Waals surface area contributed by atoms with Gasteiger partial charge in [0.2, 0.25) is 28.5 Å². The molecule has 8 heteroatoms. The number of hydrogen-bond acceptors (Lipinski definition) is 3. The molecule has 0 fully saturated rings. The van der Waals surface area contributed by atoms with Crippen molar-refractivity contribution in [3.63, 3.8) is 0 Å². The normalized spacial score (nSPS) is 11.1. The zero-order chi connectivity index (χ0) is 74.4. The van der Waals surface area contributed by atoms with Gasteiger partial charge in [0, 0.05) is 104 Å². The molecule has 0 aliphatic heterocycles. The maximum atomic E-state index is 6.26. The first-order chi connectivity index (χ1) is 52.0. The maximum Gasteiger partial charge on any atom is 0.216 e. The third-order valence-electron chi connectivity index (χ3n) is 20.6. The number of furan rings is 3. The van der Waals surface area contributed by atoms with E-state index in [4.69, 9.17) is 13.3 Å². The summed E-state index contributed by atoms with van der Waals surface area (Å²) in [4.78, 5) is 0. The fourth-order valence-corrected chi connectivity index (χ4v) is 14.6. The van der Waals surface area contributed by atoms with E-state index in [1.54, 1.807) is 0 Å². The van der Waals surface area contributed by atoms with Gasteiger partial charge in [-0.25, -0.2) is 22.8 Å². The van der Waals surface area contributed by atoms with Gasteiger partial charge < -0.3 is 13.3 Å². The van der Waals surface area contributed by atoms with Gasteiger partial charge >= 0.3 is 0 Å². The molecule has 18 rings (SSSR count). The molecule has 526 valence electrons. The lowest BCUT2D eigenvalue weighted by Gasteiger charge is -2.09. The highest BCUT2D eigenvalue weighted by Crippen LogP contribution is 2.41. The molecule has 0 aliphatic carbocycles. The summed E-state index contributed by atoms with van der Waals surface area (Å²) in [6.45, 7) is 17.4. The van der Waals surface area contributed by atoms with Crippen LogP contribution in [0.25, 0.3) is 144 Å². The predicted octanol–water partition coefficient (Wildman–Crippen LogP) is 22.9. The zero-order valence-corrected chi connectivity index (χ0v) is 63.6. The van der Waals surface area contributed by atoms with E-state index in [1.165, 1.54) is 150 Å². The van der Waals surface area contributed by atoms with E-state index in [9.17, 15) is 0 Å². The van der Waals surface area contributed by atoms with Gasteiger partial charge in [-0.15, -0.1) is 0 Å². The molecule has 0 unspecified atom stereocenters. The fourth-order valence-electron chi connectivity index (χ4n) is 14.6. The standard InChI is InChI=1S/C22H22NO.C20H18NO.C19H16NO.2C19H18N/c1-14(2)16-11-12-23(4)19(13-16)21-15(3)9-10-18-17-7-5-6-8-20(17)24-22(18)21;1-13-10-11-21(3)17(12-13)19-14(2)8-9-16-15-6-4-5-7-18(15)22-20(16)19;1-13-10-11-15-14-7-3-4-9-17(14)21-19(15)18(13)16-8-5-6-12-20(16)2;1-15-14-17(16-8-4-3-5-9-16)11-12-18(15)19-10-6-7-13-20(19)2;1-15-11-12-17(16-8-4-3-5-9-16)14-18(15)19-10-6-7-13-20(19)2/h5-14H,1-4H3;4-12H,1-3H3;3-12H,1-2H3;2*3-14H,1-2H3/q5*+1. The molecule has 8 nitrogen and oxygen atoms in total. The Morgan fingerprint density at radius 3 is 1.06 bits per heavy atom. The van der Waals surface area contributed by atoms with Crippen molar-refractivity contribution < 1.29 is 36.1 Å². The summed E-state index contributed by atoms with van der Waals surface area (Å²) in [6.07, 6.45) is 10.5. The average molecular weight is 1400 g/mol. The fraction of sp³-hybridized carbons (Fsp3) is 0.141. The summed E-state index contributed by atoms with van der Waals surface area (Å²) in [5.74, 6) is 0.500. The summed E-state index contributed by atoms with van der Waals surface area (Å²) < 4.78 is 29.4. The Labute approximate surface area is 628 Å². The minimum atomic E-state index is 0.500. The lowest BCUT2D eigenvalue weighted by Crippen LogP contribution is -2.31. The second kappa shape index (κ2) is 31.4. The van der Waals surface area contributed by atoms with Crippen LogP contribution in [0.1, 0.15) is 58.7 Å². The first-order valence-corrected chi connectivity index (χ1v) is 36.8. The summed E-state index contributed by atoms with van der Waals surface area (Å²) in [6, 6.07) is 99.8. The molecule has 0 saturated carbocycles. The molecule has 0 aliphatic rings. The average Bonchev–Trinajstić information content (AvgIpc) is 1.64. The molecule has 10 aromatic carbocycles. The van der Waals surface area contributed by atoms with Crippen molar-refractivity contribution in [2.75, 3.05) is 0 Å². The summed E-state index contributed by atoms with van der Waals surface area (Å²) in [5, 5.41) is 7.06. The zero-order valence-electron chi connectivity index (χ0n) is 63.6. The van der Waals surface area contributed by atoms with Gasteiger partial charge in [-0.2, -0.15) is 0 Å². The first-order valence-electron chi connectivity index (χ1n) is 36.8. The highest BCUT2D eigenvalue weighted by Gasteiger charge is 2.25. The molecular formula is C99H92N5O3+5. The third kappa shape index (κ3) is 14.9. The van der Waals surface area contributed by atoms with E-state index in [1.807, 2.05) is 42.5 Å². The number of nitrogens with zero attached hydrogens (tertiary/aromatic N) is 5. The van der Waals surface area contributed by atoms with Crippen LogP contribution in [0.3, 0.4) is 0 Å². The van der Waals surface area contributed by atoms with Crippen LogP contribution in [0.5, 0.6) is 0 Å². The number of pyridine rings is 5. The van der Waals surface area contributed by atoms with Crippen molar-refractivity contribution in [2.45, 2.75) is 61.3 Å². The van der Waals surface area contributed by atoms with Gasteiger partial charge in [0.15, 0.2) is 31.0 Å². The van der Waals surface area contributed by atoms with Gasteiger partial charge in [0.05, 0.1) is 16.7 Å². The minimum Gasteiger partial charge on any atom is -0.455 e. The molecule has 0 saturated heterocycles. The van der Waals surface area contributed by atoms with E-state index < -0.39 is 0 Å². The van der Waals surface area contributed by atoms with Crippen LogP contribution >= 0.6 is 0 Å². The number of rotatable bonds is 8. The van der Waals surface area contributed by atoms with Gasteiger partial charge in [-0.3, -0.25) is 0 Å². The molecule has 0 radical (unpaired) electrons. The van der Waals surface area contributed by atoms with E-state index in [0.29, 0.717) is 5.92 Å². The van der Waals surface area contributed by atoms with Crippen LogP contribution in [0.4, 0.5) is 0 Å². The largest absolute Gasteiger partial charge is 0.455 e. The van der Waals surface area contributed by atoms with Crippen LogP contribution in [-0.4, -0.2) is 0 Å². The van der Waals surface area contributed by atoms with E-state index in [2.05, 4.69) is 387 Å². The Kier molecular flexibility index (Phi) is 20.9. The molecule has 0 N–H and O–H groups in total. The quantitative estimate of drug-likeness (QED) is 0.142. The number of benzene rings is 10. The predicted molar refractivity (Wildman–Crippen MR) is 440 cm³/mol. The van der Waals surface area contributed by atoms with E-state index in [0.717, 1.165) is 33.5 Å². The maximum absolute atomic E-state index is 6.26. The van der Waals surface area contributed by atoms with E-state index >= 15 is 0 Å². The van der Waals surface area contributed by atoms with Crippen molar-refractivity contribution in [1.29, 1.82) is 0 Å². The first kappa shape index (κ1) is 71.3. The minimum absolute atomic E-state index is 0.500. The monoisotopic (exact) mass is 1400 g/mol. The highest BCUT2D eigenvalue weighted by atomic mass is 16.3. The van der Waals surface area contributed by atoms with Gasteiger partial charge in [0.1, 0.15) is 68.7 Å². The molecule has 0 atom stereocenters. The van der Waals surface area contributed by atoms with E-state index in [-0.39, 0.29) is 0 Å². The van der Waals surface area contributed by atoms with Gasteiger partial charge in [-0.05, 0) is 157 Å². The van der Waals surface area contributed by atoms with Crippen LogP contribution in [0, 0.1) is 41.5 Å². The number of para-hydroxylation sites is 3. The van der Waals surface area contributed by atoms with Crippen molar-refractivity contribution in [1.82, 2.24) is 0 Å².